The summed E-state index contributed by atoms with van der Waals surface area (Å²) >= 11 is 0. The fourth-order valence-corrected chi connectivity index (χ4v) is 1.95. The van der Waals surface area contributed by atoms with E-state index < -0.39 is 0 Å². The number of rotatable bonds is 1. The molecule has 1 aliphatic carbocycles. The van der Waals surface area contributed by atoms with Gasteiger partial charge >= 0.3 is 0 Å². The van der Waals surface area contributed by atoms with E-state index in [1.165, 1.54) is 16.7 Å². The zero-order valence-corrected chi connectivity index (χ0v) is 7.99. The van der Waals surface area contributed by atoms with Gasteiger partial charge in [0.1, 0.15) is 0 Å². The fraction of sp³-hybridized carbons (Fsp3) is 0.333. The first-order valence-electron chi connectivity index (χ1n) is 4.66. The number of aryl methyl sites for hydroxylation is 1. The van der Waals surface area contributed by atoms with E-state index in [-0.39, 0.29) is 12.0 Å². The van der Waals surface area contributed by atoms with Gasteiger partial charge in [0.15, 0.2) is 0 Å². The number of benzene rings is 1. The van der Waals surface area contributed by atoms with Crippen LogP contribution in [0.5, 0.6) is 0 Å². The normalized spacial score (nSPS) is 21.6. The Morgan fingerprint density at radius 1 is 1.38 bits per heavy atom. The van der Waals surface area contributed by atoms with E-state index >= 15 is 0 Å². The van der Waals surface area contributed by atoms with E-state index in [1.807, 2.05) is 6.92 Å². The molecule has 0 saturated heterocycles. The number of hydrogen-bond donors (Lipinski definition) is 1. The maximum Gasteiger partial charge on any atom is 0.0615 e. The maximum atomic E-state index is 9.54. The molecule has 1 aliphatic rings. The van der Waals surface area contributed by atoms with Gasteiger partial charge < -0.3 is 5.11 Å². The van der Waals surface area contributed by atoms with Crippen molar-refractivity contribution in [3.63, 3.8) is 0 Å². The summed E-state index contributed by atoms with van der Waals surface area (Å²) in [6, 6.07) is 6.25. The molecule has 0 heterocycles. The van der Waals surface area contributed by atoms with Gasteiger partial charge in [-0.05, 0) is 30.5 Å². The predicted molar refractivity (Wildman–Crippen MR) is 54.6 cm³/mol. The highest BCUT2D eigenvalue weighted by molar-refractivity contribution is 5.65. The van der Waals surface area contributed by atoms with E-state index in [9.17, 15) is 5.11 Å². The monoisotopic (exact) mass is 174 g/mol. The molecule has 1 nitrogen and oxygen atoms in total. The third kappa shape index (κ3) is 1.29. The van der Waals surface area contributed by atoms with Crippen molar-refractivity contribution in [2.24, 2.45) is 0 Å². The van der Waals surface area contributed by atoms with Crippen LogP contribution in [0.4, 0.5) is 0 Å². The molecular formula is C12H14O. The van der Waals surface area contributed by atoms with Gasteiger partial charge in [0.2, 0.25) is 0 Å². The Labute approximate surface area is 78.7 Å². The molecule has 0 bridgehead atoms. The van der Waals surface area contributed by atoms with Gasteiger partial charge in [-0.1, -0.05) is 30.4 Å². The molecule has 68 valence electrons. The summed E-state index contributed by atoms with van der Waals surface area (Å²) in [6.45, 7) is 3.94. The predicted octanol–water partition coefficient (Wildman–Crippen LogP) is 2.49. The summed E-state index contributed by atoms with van der Waals surface area (Å²) < 4.78 is 0. The highest BCUT2D eigenvalue weighted by Crippen LogP contribution is 2.33. The van der Waals surface area contributed by atoms with Crippen LogP contribution in [-0.4, -0.2) is 11.2 Å². The van der Waals surface area contributed by atoms with Crippen LogP contribution < -0.4 is 0 Å². The molecule has 0 aromatic heterocycles. The van der Waals surface area contributed by atoms with E-state index in [4.69, 9.17) is 0 Å². The summed E-state index contributed by atoms with van der Waals surface area (Å²) in [5.74, 6) is 0.190. The minimum absolute atomic E-state index is 0.190. The van der Waals surface area contributed by atoms with E-state index in [1.54, 1.807) is 0 Å². The van der Waals surface area contributed by atoms with Gasteiger partial charge in [-0.3, -0.25) is 0 Å². The standard InChI is InChI=1S/C12H14O/c1-8-4-3-5-12-10(8)6-7-11(12)9(2)13/h3-7,9,11,13H,1-2H3. The number of aliphatic hydroxyl groups excluding tert-OH is 1. The zero-order chi connectivity index (χ0) is 9.42. The summed E-state index contributed by atoms with van der Waals surface area (Å²) in [6.07, 6.45) is 3.91. The molecule has 1 heteroatoms. The largest absolute Gasteiger partial charge is 0.392 e. The van der Waals surface area contributed by atoms with Crippen LogP contribution in [0, 0.1) is 6.92 Å². The van der Waals surface area contributed by atoms with Crippen molar-refractivity contribution >= 4 is 6.08 Å². The van der Waals surface area contributed by atoms with Crippen molar-refractivity contribution in [2.75, 3.05) is 0 Å². The van der Waals surface area contributed by atoms with Gasteiger partial charge in [0, 0.05) is 5.92 Å². The Morgan fingerprint density at radius 3 is 2.85 bits per heavy atom. The van der Waals surface area contributed by atoms with Gasteiger partial charge in [-0.15, -0.1) is 0 Å². The molecule has 1 aromatic rings. The second kappa shape index (κ2) is 3.00. The average Bonchev–Trinajstić information content (AvgIpc) is 2.48. The Bertz CT molecular complexity index is 350. The molecule has 1 N–H and O–H groups in total. The molecule has 0 spiro atoms. The third-order valence-electron chi connectivity index (χ3n) is 2.71. The smallest absolute Gasteiger partial charge is 0.0615 e. The molecular weight excluding hydrogens is 160 g/mol. The topological polar surface area (TPSA) is 20.2 Å². The Kier molecular flexibility index (Phi) is 1.97. The Balaban J connectivity index is 2.49. The SMILES string of the molecule is Cc1cccc2c1C=CC2C(C)O. The van der Waals surface area contributed by atoms with Crippen molar-refractivity contribution in [3.8, 4) is 0 Å². The van der Waals surface area contributed by atoms with Crippen molar-refractivity contribution in [1.29, 1.82) is 0 Å². The van der Waals surface area contributed by atoms with Gasteiger partial charge in [0.05, 0.1) is 6.10 Å². The molecule has 13 heavy (non-hydrogen) atoms. The molecule has 0 radical (unpaired) electrons. The van der Waals surface area contributed by atoms with E-state index in [0.717, 1.165) is 0 Å². The van der Waals surface area contributed by atoms with E-state index in [0.29, 0.717) is 0 Å². The number of hydrogen-bond acceptors (Lipinski definition) is 1. The van der Waals surface area contributed by atoms with Crippen molar-refractivity contribution in [2.45, 2.75) is 25.9 Å². The van der Waals surface area contributed by atoms with Crippen molar-refractivity contribution in [3.05, 3.63) is 41.0 Å². The lowest BCUT2D eigenvalue weighted by Gasteiger charge is -2.14. The van der Waals surface area contributed by atoms with Gasteiger partial charge in [-0.25, -0.2) is 0 Å². The lowest BCUT2D eigenvalue weighted by Crippen LogP contribution is -2.10. The fourth-order valence-electron chi connectivity index (χ4n) is 1.95. The third-order valence-corrected chi connectivity index (χ3v) is 2.71. The van der Waals surface area contributed by atoms with Crippen LogP contribution in [0.3, 0.4) is 0 Å². The highest BCUT2D eigenvalue weighted by atomic mass is 16.3. The first-order valence-corrected chi connectivity index (χ1v) is 4.66. The molecule has 0 fully saturated rings. The number of fused-ring (bicyclic) bond motifs is 1. The highest BCUT2D eigenvalue weighted by Gasteiger charge is 2.21. The van der Waals surface area contributed by atoms with Crippen LogP contribution in [0.2, 0.25) is 0 Å². The number of aliphatic hydroxyl groups is 1. The molecule has 0 amide bonds. The first-order chi connectivity index (χ1) is 6.20. The molecule has 1 aromatic carbocycles. The molecule has 2 rings (SSSR count). The molecule has 0 aliphatic heterocycles. The minimum atomic E-state index is -0.292. The molecule has 0 saturated carbocycles. The minimum Gasteiger partial charge on any atom is -0.392 e. The second-order valence-electron chi connectivity index (χ2n) is 3.70. The second-order valence-corrected chi connectivity index (χ2v) is 3.70. The molecule has 2 atom stereocenters. The summed E-state index contributed by atoms with van der Waals surface area (Å²) in [5.41, 5.74) is 3.83. The molecule has 2 unspecified atom stereocenters. The summed E-state index contributed by atoms with van der Waals surface area (Å²) in [4.78, 5) is 0. The van der Waals surface area contributed by atoms with Gasteiger partial charge in [-0.2, -0.15) is 0 Å². The van der Waals surface area contributed by atoms with Crippen LogP contribution >= 0.6 is 0 Å². The maximum absolute atomic E-state index is 9.54. The Morgan fingerprint density at radius 2 is 2.15 bits per heavy atom. The Hall–Kier alpha value is -1.08. The zero-order valence-electron chi connectivity index (χ0n) is 7.99. The van der Waals surface area contributed by atoms with Gasteiger partial charge in [0.25, 0.3) is 0 Å². The summed E-state index contributed by atoms with van der Waals surface area (Å²) in [7, 11) is 0. The van der Waals surface area contributed by atoms with Crippen LogP contribution in [0.25, 0.3) is 6.08 Å². The quantitative estimate of drug-likeness (QED) is 0.693. The lowest BCUT2D eigenvalue weighted by atomic mass is 9.94. The van der Waals surface area contributed by atoms with Crippen LogP contribution in [0.1, 0.15) is 29.5 Å². The van der Waals surface area contributed by atoms with Crippen LogP contribution in [-0.2, 0) is 0 Å². The van der Waals surface area contributed by atoms with Crippen molar-refractivity contribution < 1.29 is 5.11 Å². The van der Waals surface area contributed by atoms with Crippen molar-refractivity contribution in [1.82, 2.24) is 0 Å². The first kappa shape index (κ1) is 8.52. The lowest BCUT2D eigenvalue weighted by molar-refractivity contribution is 0.180. The van der Waals surface area contributed by atoms with Crippen LogP contribution in [0.15, 0.2) is 24.3 Å². The average molecular weight is 174 g/mol. The summed E-state index contributed by atoms with van der Waals surface area (Å²) in [5, 5.41) is 9.54. The van der Waals surface area contributed by atoms with E-state index in [2.05, 4.69) is 37.3 Å².